The van der Waals surface area contributed by atoms with Crippen LogP contribution in [0.25, 0.3) is 0 Å². The normalized spacial score (nSPS) is 15.1. The van der Waals surface area contributed by atoms with Crippen LogP contribution in [-0.4, -0.2) is 16.4 Å². The third kappa shape index (κ3) is 2.36. The van der Waals surface area contributed by atoms with E-state index in [0.29, 0.717) is 0 Å². The molecule has 1 aromatic carbocycles. The molecule has 2 N–H and O–H groups in total. The lowest BCUT2D eigenvalue weighted by Gasteiger charge is -2.11. The molecule has 1 atom stereocenters. The molecule has 0 saturated carbocycles. The Balaban J connectivity index is 1.84. The molecule has 1 aliphatic heterocycles. The van der Waals surface area contributed by atoms with Gasteiger partial charge >= 0.3 is 0 Å². The Morgan fingerprint density at radius 3 is 3.16 bits per heavy atom. The fourth-order valence-electron chi connectivity index (χ4n) is 2.48. The number of ether oxygens (including phenoxy) is 1. The van der Waals surface area contributed by atoms with Crippen LogP contribution in [0.5, 0.6) is 5.75 Å². The third-order valence-electron chi connectivity index (χ3n) is 3.54. The highest BCUT2D eigenvalue weighted by molar-refractivity contribution is 5.42. The molecule has 0 spiro atoms. The molecule has 4 nitrogen and oxygen atoms in total. The summed E-state index contributed by atoms with van der Waals surface area (Å²) in [5.74, 6) is 0.998. The molecule has 2 heterocycles. The van der Waals surface area contributed by atoms with Gasteiger partial charge in [0.15, 0.2) is 0 Å². The van der Waals surface area contributed by atoms with E-state index in [-0.39, 0.29) is 6.04 Å². The topological polar surface area (TPSA) is 53.1 Å². The maximum absolute atomic E-state index is 6.33. The van der Waals surface area contributed by atoms with Crippen LogP contribution in [0.2, 0.25) is 0 Å². The molecule has 0 radical (unpaired) electrons. The average molecular weight is 257 g/mol. The van der Waals surface area contributed by atoms with E-state index in [1.54, 1.807) is 0 Å². The van der Waals surface area contributed by atoms with E-state index in [1.165, 1.54) is 5.56 Å². The Morgan fingerprint density at radius 1 is 1.42 bits per heavy atom. The molecule has 0 fully saturated rings. The van der Waals surface area contributed by atoms with Gasteiger partial charge in [0.25, 0.3) is 0 Å². The van der Waals surface area contributed by atoms with Crippen molar-refractivity contribution >= 4 is 0 Å². The smallest absolute Gasteiger partial charge is 0.122 e. The van der Waals surface area contributed by atoms with E-state index in [1.807, 2.05) is 29.2 Å². The van der Waals surface area contributed by atoms with E-state index in [4.69, 9.17) is 10.5 Å². The number of hydrogen-bond acceptors (Lipinski definition) is 3. The first-order valence-electron chi connectivity index (χ1n) is 6.81. The highest BCUT2D eigenvalue weighted by Gasteiger charge is 2.16. The fourth-order valence-corrected chi connectivity index (χ4v) is 2.48. The second-order valence-corrected chi connectivity index (χ2v) is 4.98. The molecule has 19 heavy (non-hydrogen) atoms. The standard InChI is InChI=1S/C15H19N3O/c1-2-6-18-10-13(9-17-18)15(16)12-3-4-14-11(8-12)5-7-19-14/h3-4,8-10,15H,2,5-7,16H2,1H3. The molecule has 2 aromatic rings. The highest BCUT2D eigenvalue weighted by Crippen LogP contribution is 2.29. The Bertz CT molecular complexity index is 577. The lowest BCUT2D eigenvalue weighted by atomic mass is 9.99. The zero-order chi connectivity index (χ0) is 13.2. The Labute approximate surface area is 113 Å². The van der Waals surface area contributed by atoms with Crippen molar-refractivity contribution in [2.75, 3.05) is 6.61 Å². The lowest BCUT2D eigenvalue weighted by Crippen LogP contribution is -2.11. The predicted octanol–water partition coefficient (Wildman–Crippen LogP) is 2.28. The van der Waals surface area contributed by atoms with E-state index in [0.717, 1.165) is 42.9 Å². The van der Waals surface area contributed by atoms with Crippen molar-refractivity contribution in [3.8, 4) is 5.75 Å². The number of fused-ring (bicyclic) bond motifs is 1. The summed E-state index contributed by atoms with van der Waals surface area (Å²) in [5.41, 5.74) is 9.77. The number of nitrogens with zero attached hydrogens (tertiary/aromatic N) is 2. The Hall–Kier alpha value is -1.81. The van der Waals surface area contributed by atoms with Gasteiger partial charge in [0.05, 0.1) is 18.8 Å². The largest absolute Gasteiger partial charge is 0.493 e. The summed E-state index contributed by atoms with van der Waals surface area (Å²) in [5, 5.41) is 4.34. The van der Waals surface area contributed by atoms with Crippen molar-refractivity contribution in [1.82, 2.24) is 9.78 Å². The van der Waals surface area contributed by atoms with Gasteiger partial charge in [-0.1, -0.05) is 19.1 Å². The minimum absolute atomic E-state index is 0.114. The first-order chi connectivity index (χ1) is 9.28. The number of benzene rings is 1. The van der Waals surface area contributed by atoms with Gasteiger partial charge in [-0.15, -0.1) is 0 Å². The maximum atomic E-state index is 6.33. The van der Waals surface area contributed by atoms with Gasteiger partial charge < -0.3 is 10.5 Å². The summed E-state index contributed by atoms with van der Waals surface area (Å²) in [6.45, 7) is 3.86. The van der Waals surface area contributed by atoms with Crippen LogP contribution >= 0.6 is 0 Å². The molecule has 1 unspecified atom stereocenters. The van der Waals surface area contributed by atoms with Gasteiger partial charge in [-0.3, -0.25) is 4.68 Å². The molecule has 100 valence electrons. The van der Waals surface area contributed by atoms with Crippen LogP contribution in [-0.2, 0) is 13.0 Å². The van der Waals surface area contributed by atoms with Gasteiger partial charge in [-0.05, 0) is 23.6 Å². The van der Waals surface area contributed by atoms with Crippen LogP contribution in [0.1, 0.15) is 36.1 Å². The minimum atomic E-state index is -0.114. The second kappa shape index (κ2) is 5.05. The predicted molar refractivity (Wildman–Crippen MR) is 74.2 cm³/mol. The van der Waals surface area contributed by atoms with E-state index in [9.17, 15) is 0 Å². The summed E-state index contributed by atoms with van der Waals surface area (Å²) in [4.78, 5) is 0. The summed E-state index contributed by atoms with van der Waals surface area (Å²) in [7, 11) is 0. The number of aromatic nitrogens is 2. The third-order valence-corrected chi connectivity index (χ3v) is 3.54. The summed E-state index contributed by atoms with van der Waals surface area (Å²) in [6.07, 6.45) is 5.96. The minimum Gasteiger partial charge on any atom is -0.493 e. The van der Waals surface area contributed by atoms with E-state index < -0.39 is 0 Å². The molecular formula is C15H19N3O. The van der Waals surface area contributed by atoms with Crippen molar-refractivity contribution in [2.24, 2.45) is 5.73 Å². The average Bonchev–Trinajstić information content (AvgIpc) is 3.05. The monoisotopic (exact) mass is 257 g/mol. The van der Waals surface area contributed by atoms with Gasteiger partial charge in [0.1, 0.15) is 5.75 Å². The highest BCUT2D eigenvalue weighted by atomic mass is 16.5. The van der Waals surface area contributed by atoms with Crippen LogP contribution in [0.15, 0.2) is 30.6 Å². The summed E-state index contributed by atoms with van der Waals surface area (Å²) in [6, 6.07) is 6.11. The van der Waals surface area contributed by atoms with Crippen LogP contribution in [0, 0.1) is 0 Å². The van der Waals surface area contributed by atoms with Crippen molar-refractivity contribution in [1.29, 1.82) is 0 Å². The molecular weight excluding hydrogens is 238 g/mol. The molecule has 1 aliphatic rings. The molecule has 0 saturated heterocycles. The number of nitrogens with two attached hydrogens (primary N) is 1. The van der Waals surface area contributed by atoms with Crippen molar-refractivity contribution in [2.45, 2.75) is 32.4 Å². The van der Waals surface area contributed by atoms with Gasteiger partial charge in [0.2, 0.25) is 0 Å². The Morgan fingerprint density at radius 2 is 2.32 bits per heavy atom. The molecule has 3 rings (SSSR count). The van der Waals surface area contributed by atoms with Crippen LogP contribution in [0.4, 0.5) is 0 Å². The van der Waals surface area contributed by atoms with Gasteiger partial charge in [-0.2, -0.15) is 5.10 Å². The number of aryl methyl sites for hydroxylation is 1. The maximum Gasteiger partial charge on any atom is 0.122 e. The first-order valence-corrected chi connectivity index (χ1v) is 6.81. The SMILES string of the molecule is CCCn1cc(C(N)c2ccc3c(c2)CCO3)cn1. The summed E-state index contributed by atoms with van der Waals surface area (Å²) < 4.78 is 7.47. The number of hydrogen-bond donors (Lipinski definition) is 1. The first kappa shape index (κ1) is 12.2. The van der Waals surface area contributed by atoms with Crippen molar-refractivity contribution < 1.29 is 4.74 Å². The molecule has 0 aliphatic carbocycles. The van der Waals surface area contributed by atoms with Crippen LogP contribution < -0.4 is 10.5 Å². The van der Waals surface area contributed by atoms with Gasteiger partial charge in [-0.25, -0.2) is 0 Å². The molecule has 0 bridgehead atoms. The fraction of sp³-hybridized carbons (Fsp3) is 0.400. The summed E-state index contributed by atoms with van der Waals surface area (Å²) >= 11 is 0. The molecule has 0 amide bonds. The Kier molecular flexibility index (Phi) is 3.25. The lowest BCUT2D eigenvalue weighted by molar-refractivity contribution is 0.357. The number of rotatable bonds is 4. The zero-order valence-electron chi connectivity index (χ0n) is 11.2. The zero-order valence-corrected chi connectivity index (χ0v) is 11.2. The quantitative estimate of drug-likeness (QED) is 0.914. The molecule has 4 heteroatoms. The van der Waals surface area contributed by atoms with Crippen molar-refractivity contribution in [3.63, 3.8) is 0 Å². The van der Waals surface area contributed by atoms with E-state index >= 15 is 0 Å². The van der Waals surface area contributed by atoms with E-state index in [2.05, 4.69) is 18.1 Å². The van der Waals surface area contributed by atoms with Gasteiger partial charge in [0, 0.05) is 24.7 Å². The van der Waals surface area contributed by atoms with Crippen LogP contribution in [0.3, 0.4) is 0 Å². The molecule has 1 aromatic heterocycles. The van der Waals surface area contributed by atoms with Crippen molar-refractivity contribution in [3.05, 3.63) is 47.3 Å². The second-order valence-electron chi connectivity index (χ2n) is 4.98.